The van der Waals surface area contributed by atoms with Crippen molar-refractivity contribution in [3.8, 4) is 0 Å². The van der Waals surface area contributed by atoms with Gasteiger partial charge in [-0.3, -0.25) is 9.59 Å². The van der Waals surface area contributed by atoms with Crippen LogP contribution in [-0.2, 0) is 7.05 Å². The second kappa shape index (κ2) is 7.83. The van der Waals surface area contributed by atoms with Crippen LogP contribution in [-0.4, -0.2) is 32.5 Å². The van der Waals surface area contributed by atoms with E-state index in [4.69, 9.17) is 0 Å². The number of hydrogen-bond acceptors (Lipinski definition) is 4. The summed E-state index contributed by atoms with van der Waals surface area (Å²) in [6.45, 7) is 2.68. The first-order chi connectivity index (χ1) is 14.0. The number of aromatic nitrogens is 3. The van der Waals surface area contributed by atoms with Gasteiger partial charge in [0.25, 0.3) is 5.91 Å². The number of fused-ring (bicyclic) bond motifs is 1. The monoisotopic (exact) mass is 393 g/mol. The smallest absolute Gasteiger partial charge is 0.253 e. The predicted octanol–water partition coefficient (Wildman–Crippen LogP) is 2.66. The minimum atomic E-state index is -0.326. The number of nitrogens with one attached hydrogen (secondary N) is 3. The second-order valence-electron chi connectivity index (χ2n) is 8.05. The Hall–Kier alpha value is -2.93. The molecule has 2 heterocycles. The van der Waals surface area contributed by atoms with Crippen LogP contribution < -0.4 is 16.2 Å². The molecule has 1 saturated carbocycles. The largest absolute Gasteiger partial charge is 0.350 e. The van der Waals surface area contributed by atoms with E-state index in [-0.39, 0.29) is 23.0 Å². The first-order valence-electron chi connectivity index (χ1n) is 10.1. The van der Waals surface area contributed by atoms with Crippen LogP contribution in [0.25, 0.3) is 11.2 Å². The Labute approximate surface area is 169 Å². The first kappa shape index (κ1) is 19.4. The summed E-state index contributed by atoms with van der Waals surface area (Å²) in [5.74, 6) is -0.245. The van der Waals surface area contributed by atoms with Gasteiger partial charge in [-0.2, -0.15) is 0 Å². The van der Waals surface area contributed by atoms with Gasteiger partial charge in [-0.1, -0.05) is 43.2 Å². The molecule has 0 spiro atoms. The van der Waals surface area contributed by atoms with E-state index in [0.717, 1.165) is 25.7 Å². The number of nitrogens with zero attached hydrogens (tertiary/aromatic N) is 2. The van der Waals surface area contributed by atoms with Crippen LogP contribution in [0.5, 0.6) is 0 Å². The van der Waals surface area contributed by atoms with Crippen LogP contribution >= 0.6 is 0 Å². The maximum absolute atomic E-state index is 13.0. The van der Waals surface area contributed by atoms with Gasteiger partial charge in [0.2, 0.25) is 5.56 Å². The van der Waals surface area contributed by atoms with E-state index in [1.807, 2.05) is 25.2 Å². The average molecular weight is 393 g/mol. The van der Waals surface area contributed by atoms with Crippen molar-refractivity contribution in [2.75, 3.05) is 6.54 Å². The third kappa shape index (κ3) is 3.96. The minimum Gasteiger partial charge on any atom is -0.350 e. The number of rotatable bonds is 6. The summed E-state index contributed by atoms with van der Waals surface area (Å²) in [5, 5.41) is 6.85. The number of pyridine rings is 1. The molecule has 1 fully saturated rings. The number of imidazole rings is 1. The molecule has 7 heteroatoms. The van der Waals surface area contributed by atoms with Crippen LogP contribution in [0.15, 0.2) is 47.5 Å². The molecule has 1 amide bonds. The molecule has 1 aliphatic rings. The summed E-state index contributed by atoms with van der Waals surface area (Å²) >= 11 is 0. The van der Waals surface area contributed by atoms with Gasteiger partial charge in [0.1, 0.15) is 0 Å². The Morgan fingerprint density at radius 1 is 1.28 bits per heavy atom. The van der Waals surface area contributed by atoms with Crippen molar-refractivity contribution in [1.29, 1.82) is 0 Å². The summed E-state index contributed by atoms with van der Waals surface area (Å²) in [6, 6.07) is 11.9. The molecule has 1 atom stereocenters. The number of hydrogen-bond donors (Lipinski definition) is 3. The van der Waals surface area contributed by atoms with E-state index in [2.05, 4.69) is 39.7 Å². The normalized spacial score (nSPS) is 16.8. The topological polar surface area (TPSA) is 91.8 Å². The van der Waals surface area contributed by atoms with Gasteiger partial charge in [-0.15, -0.1) is 0 Å². The van der Waals surface area contributed by atoms with Crippen molar-refractivity contribution in [3.05, 3.63) is 64.2 Å². The number of amides is 1. The molecule has 4 rings (SSSR count). The maximum Gasteiger partial charge on any atom is 0.253 e. The van der Waals surface area contributed by atoms with Crippen LogP contribution in [0.1, 0.15) is 54.6 Å². The van der Waals surface area contributed by atoms with Crippen molar-refractivity contribution >= 4 is 17.1 Å². The quantitative estimate of drug-likeness (QED) is 0.600. The molecular formula is C22H27N5O2. The molecule has 0 aliphatic heterocycles. The lowest BCUT2D eigenvalue weighted by Gasteiger charge is -2.34. The second-order valence-corrected chi connectivity index (χ2v) is 8.05. The molecule has 1 unspecified atom stereocenters. The highest BCUT2D eigenvalue weighted by molar-refractivity contribution is 6.04. The van der Waals surface area contributed by atoms with Gasteiger partial charge < -0.3 is 20.2 Å². The van der Waals surface area contributed by atoms with E-state index in [0.29, 0.717) is 23.3 Å². The number of benzene rings is 1. The Kier molecular flexibility index (Phi) is 5.24. The highest BCUT2D eigenvalue weighted by atomic mass is 16.2. The Morgan fingerprint density at radius 3 is 2.72 bits per heavy atom. The maximum atomic E-state index is 13.0. The molecule has 7 nitrogen and oxygen atoms in total. The number of aromatic amines is 1. The first-order valence-corrected chi connectivity index (χ1v) is 10.1. The fraction of sp³-hybridized carbons (Fsp3) is 0.409. The van der Waals surface area contributed by atoms with Crippen molar-refractivity contribution in [2.24, 2.45) is 7.05 Å². The number of carbonyl (C=O) groups excluding carboxylic acids is 1. The highest BCUT2D eigenvalue weighted by Crippen LogP contribution is 2.32. The van der Waals surface area contributed by atoms with E-state index >= 15 is 0 Å². The molecule has 0 saturated heterocycles. The molecule has 0 bridgehead atoms. The molecule has 1 aliphatic carbocycles. The fourth-order valence-corrected chi connectivity index (χ4v) is 4.42. The van der Waals surface area contributed by atoms with E-state index in [1.54, 1.807) is 10.9 Å². The van der Waals surface area contributed by atoms with Crippen LogP contribution in [0.4, 0.5) is 0 Å². The molecular weight excluding hydrogens is 366 g/mol. The minimum absolute atomic E-state index is 0.141. The third-order valence-electron chi connectivity index (χ3n) is 5.92. The van der Waals surface area contributed by atoms with Gasteiger partial charge in [0.05, 0.1) is 17.4 Å². The zero-order chi connectivity index (χ0) is 20.4. The number of aryl methyl sites for hydroxylation is 1. The highest BCUT2D eigenvalue weighted by Gasteiger charge is 2.35. The molecule has 29 heavy (non-hydrogen) atoms. The lowest BCUT2D eigenvalue weighted by atomic mass is 9.94. The van der Waals surface area contributed by atoms with E-state index in [1.165, 1.54) is 11.6 Å². The van der Waals surface area contributed by atoms with Crippen molar-refractivity contribution in [1.82, 2.24) is 25.2 Å². The van der Waals surface area contributed by atoms with Crippen molar-refractivity contribution in [3.63, 3.8) is 0 Å². The predicted molar refractivity (Wildman–Crippen MR) is 113 cm³/mol. The lowest BCUT2D eigenvalue weighted by Crippen LogP contribution is -2.52. The Morgan fingerprint density at radius 2 is 2.00 bits per heavy atom. The SMILES string of the molecule is CC(NC1(CNC(=O)c2cc(=O)[nH]c3ncn(C)c23)CCCC1)c1ccccc1. The Balaban J connectivity index is 1.52. The van der Waals surface area contributed by atoms with Crippen molar-refractivity contribution in [2.45, 2.75) is 44.2 Å². The van der Waals surface area contributed by atoms with Gasteiger partial charge in [-0.05, 0) is 25.3 Å². The van der Waals surface area contributed by atoms with Crippen LogP contribution in [0.3, 0.4) is 0 Å². The molecule has 3 aromatic rings. The zero-order valence-electron chi connectivity index (χ0n) is 16.9. The summed E-state index contributed by atoms with van der Waals surface area (Å²) < 4.78 is 1.75. The van der Waals surface area contributed by atoms with E-state index in [9.17, 15) is 9.59 Å². The van der Waals surface area contributed by atoms with Crippen LogP contribution in [0, 0.1) is 0 Å². The summed E-state index contributed by atoms with van der Waals surface area (Å²) in [5.41, 5.74) is 2.18. The zero-order valence-corrected chi connectivity index (χ0v) is 16.9. The molecule has 152 valence electrons. The number of carbonyl (C=O) groups is 1. The Bertz CT molecular complexity index is 1060. The standard InChI is InChI=1S/C22H27N5O2/c1-15(16-8-4-3-5-9-16)26-22(10-6-7-11-22)13-23-21(29)17-12-18(28)25-20-19(17)27(2)14-24-20/h3-5,8-9,12,14-15,26H,6-7,10-11,13H2,1-2H3,(H,23,29)(H,25,28). The molecule has 3 N–H and O–H groups in total. The number of H-pyrrole nitrogens is 1. The third-order valence-corrected chi connectivity index (χ3v) is 5.92. The van der Waals surface area contributed by atoms with Crippen molar-refractivity contribution < 1.29 is 4.79 Å². The lowest BCUT2D eigenvalue weighted by molar-refractivity contribution is 0.0937. The summed E-state index contributed by atoms with van der Waals surface area (Å²) in [4.78, 5) is 31.8. The van der Waals surface area contributed by atoms with Gasteiger partial charge in [0.15, 0.2) is 5.65 Å². The van der Waals surface area contributed by atoms with Gasteiger partial charge in [-0.25, -0.2) is 4.98 Å². The van der Waals surface area contributed by atoms with Gasteiger partial charge in [0, 0.05) is 31.2 Å². The summed E-state index contributed by atoms with van der Waals surface area (Å²) in [7, 11) is 1.81. The summed E-state index contributed by atoms with van der Waals surface area (Å²) in [6.07, 6.45) is 5.91. The molecule has 1 aromatic carbocycles. The van der Waals surface area contributed by atoms with Crippen LogP contribution in [0.2, 0.25) is 0 Å². The fourth-order valence-electron chi connectivity index (χ4n) is 4.42. The molecule has 2 aromatic heterocycles. The van der Waals surface area contributed by atoms with E-state index < -0.39 is 0 Å². The van der Waals surface area contributed by atoms with Gasteiger partial charge >= 0.3 is 0 Å². The average Bonchev–Trinajstić information content (AvgIpc) is 3.33. The molecule has 0 radical (unpaired) electrons.